The largest absolute Gasteiger partial charge is 0.480 e. The second kappa shape index (κ2) is 9.23. The summed E-state index contributed by atoms with van der Waals surface area (Å²) in [5, 5.41) is 12.3. The van der Waals surface area contributed by atoms with Crippen LogP contribution in [0.3, 0.4) is 0 Å². The van der Waals surface area contributed by atoms with Crippen LogP contribution in [-0.4, -0.2) is 17.1 Å². The molecule has 4 nitrogen and oxygen atoms in total. The lowest BCUT2D eigenvalue weighted by Crippen LogP contribution is -2.38. The monoisotopic (exact) mass is 341 g/mol. The molecule has 0 spiro atoms. The van der Waals surface area contributed by atoms with Gasteiger partial charge in [-0.25, -0.2) is 0 Å². The third-order valence-electron chi connectivity index (χ3n) is 4.22. The zero-order chi connectivity index (χ0) is 18.2. The predicted octanol–water partition coefficient (Wildman–Crippen LogP) is 3.78. The van der Waals surface area contributed by atoms with Crippen molar-refractivity contribution in [3.05, 3.63) is 65.2 Å². The van der Waals surface area contributed by atoms with Gasteiger partial charge in [-0.2, -0.15) is 0 Å². The van der Waals surface area contributed by atoms with Crippen molar-refractivity contribution in [2.45, 2.75) is 52.4 Å². The number of aliphatic hydroxyl groups is 1. The number of carbonyl (C=O) groups is 1. The van der Waals surface area contributed by atoms with Crippen molar-refractivity contribution in [3.63, 3.8) is 0 Å². The fraction of sp³-hybridized carbons (Fsp3) is 0.381. The molecule has 134 valence electrons. The average Bonchev–Trinajstić information content (AvgIpc) is 2.64. The molecule has 0 radical (unpaired) electrons. The van der Waals surface area contributed by atoms with Gasteiger partial charge in [0.05, 0.1) is 6.61 Å². The fourth-order valence-corrected chi connectivity index (χ4v) is 2.72. The van der Waals surface area contributed by atoms with E-state index in [-0.39, 0.29) is 12.5 Å². The van der Waals surface area contributed by atoms with Crippen LogP contribution >= 0.6 is 0 Å². The number of amides is 1. The minimum absolute atomic E-state index is 0.0402. The van der Waals surface area contributed by atoms with E-state index in [4.69, 9.17) is 4.74 Å². The molecular formula is C21H27NO3. The summed E-state index contributed by atoms with van der Waals surface area (Å²) in [6, 6.07) is 15.4. The van der Waals surface area contributed by atoms with Gasteiger partial charge in [-0.05, 0) is 35.1 Å². The Kier molecular flexibility index (Phi) is 7.02. The van der Waals surface area contributed by atoms with Crippen LogP contribution in [0.15, 0.2) is 48.5 Å². The van der Waals surface area contributed by atoms with Gasteiger partial charge in [0.15, 0.2) is 6.10 Å². The van der Waals surface area contributed by atoms with Gasteiger partial charge in [-0.3, -0.25) is 4.79 Å². The Hall–Kier alpha value is -2.33. The SMILES string of the molecule is CCC(Oc1ccccc1C(C)C)C(=O)NCc1ccccc1CO. The number of para-hydroxylation sites is 1. The van der Waals surface area contributed by atoms with Crippen molar-refractivity contribution >= 4 is 5.91 Å². The third-order valence-corrected chi connectivity index (χ3v) is 4.22. The smallest absolute Gasteiger partial charge is 0.261 e. The number of carbonyl (C=O) groups excluding carboxylic acids is 1. The van der Waals surface area contributed by atoms with Crippen molar-refractivity contribution < 1.29 is 14.6 Å². The Balaban J connectivity index is 2.04. The first-order valence-corrected chi connectivity index (χ1v) is 8.77. The molecular weight excluding hydrogens is 314 g/mol. The van der Waals surface area contributed by atoms with Crippen LogP contribution in [-0.2, 0) is 17.9 Å². The second-order valence-corrected chi connectivity index (χ2v) is 6.35. The Labute approximate surface area is 149 Å². The number of rotatable bonds is 8. The highest BCUT2D eigenvalue weighted by Gasteiger charge is 2.20. The molecule has 25 heavy (non-hydrogen) atoms. The molecule has 1 atom stereocenters. The molecule has 4 heteroatoms. The molecule has 0 saturated carbocycles. The van der Waals surface area contributed by atoms with Gasteiger partial charge in [0, 0.05) is 6.54 Å². The predicted molar refractivity (Wildman–Crippen MR) is 99.4 cm³/mol. The maximum atomic E-state index is 12.5. The standard InChI is InChI=1S/C21H27NO3/c1-4-19(25-20-12-8-7-11-18(20)15(2)3)21(24)22-13-16-9-5-6-10-17(16)14-23/h5-12,15,19,23H,4,13-14H2,1-3H3,(H,22,24). The van der Waals surface area contributed by atoms with E-state index in [2.05, 4.69) is 19.2 Å². The van der Waals surface area contributed by atoms with Crippen LogP contribution in [0.2, 0.25) is 0 Å². The van der Waals surface area contributed by atoms with E-state index in [0.717, 1.165) is 22.4 Å². The number of benzene rings is 2. The Morgan fingerprint density at radius 1 is 1.08 bits per heavy atom. The first-order chi connectivity index (χ1) is 12.1. The molecule has 1 amide bonds. The lowest BCUT2D eigenvalue weighted by atomic mass is 10.0. The first-order valence-electron chi connectivity index (χ1n) is 8.77. The summed E-state index contributed by atoms with van der Waals surface area (Å²) in [5.41, 5.74) is 2.83. The summed E-state index contributed by atoms with van der Waals surface area (Å²) in [5.74, 6) is 0.942. The highest BCUT2D eigenvalue weighted by atomic mass is 16.5. The Morgan fingerprint density at radius 3 is 2.36 bits per heavy atom. The quantitative estimate of drug-likeness (QED) is 0.768. The summed E-state index contributed by atoms with van der Waals surface area (Å²) < 4.78 is 6.00. The molecule has 2 aromatic rings. The molecule has 0 aliphatic carbocycles. The number of ether oxygens (including phenoxy) is 1. The fourth-order valence-electron chi connectivity index (χ4n) is 2.72. The van der Waals surface area contributed by atoms with Gasteiger partial charge >= 0.3 is 0 Å². The van der Waals surface area contributed by atoms with E-state index < -0.39 is 6.10 Å². The molecule has 0 aromatic heterocycles. The summed E-state index contributed by atoms with van der Waals surface area (Å²) in [7, 11) is 0. The zero-order valence-electron chi connectivity index (χ0n) is 15.2. The van der Waals surface area contributed by atoms with Crippen molar-refractivity contribution in [1.29, 1.82) is 0 Å². The molecule has 0 heterocycles. The van der Waals surface area contributed by atoms with Crippen molar-refractivity contribution in [2.75, 3.05) is 0 Å². The van der Waals surface area contributed by atoms with Gasteiger partial charge in [0.2, 0.25) is 0 Å². The van der Waals surface area contributed by atoms with Gasteiger partial charge in [-0.1, -0.05) is 63.2 Å². The van der Waals surface area contributed by atoms with Crippen LogP contribution in [0.5, 0.6) is 5.75 Å². The molecule has 2 rings (SSSR count). The molecule has 1 unspecified atom stereocenters. The average molecular weight is 341 g/mol. The normalized spacial score (nSPS) is 12.0. The van der Waals surface area contributed by atoms with Gasteiger partial charge in [-0.15, -0.1) is 0 Å². The van der Waals surface area contributed by atoms with Crippen LogP contribution < -0.4 is 10.1 Å². The minimum Gasteiger partial charge on any atom is -0.480 e. The van der Waals surface area contributed by atoms with Crippen molar-refractivity contribution in [2.24, 2.45) is 0 Å². The van der Waals surface area contributed by atoms with Gasteiger partial charge in [0.25, 0.3) is 5.91 Å². The van der Waals surface area contributed by atoms with Crippen LogP contribution in [0.4, 0.5) is 0 Å². The molecule has 0 bridgehead atoms. The lowest BCUT2D eigenvalue weighted by Gasteiger charge is -2.21. The third kappa shape index (κ3) is 5.07. The van der Waals surface area contributed by atoms with Crippen LogP contribution in [0, 0.1) is 0 Å². The molecule has 0 saturated heterocycles. The molecule has 2 aromatic carbocycles. The maximum Gasteiger partial charge on any atom is 0.261 e. The minimum atomic E-state index is -0.541. The van der Waals surface area contributed by atoms with E-state index >= 15 is 0 Å². The summed E-state index contributed by atoms with van der Waals surface area (Å²) in [6.45, 7) is 6.48. The summed E-state index contributed by atoms with van der Waals surface area (Å²) in [6.07, 6.45) is 0.0427. The number of hydrogen-bond acceptors (Lipinski definition) is 3. The lowest BCUT2D eigenvalue weighted by molar-refractivity contribution is -0.128. The molecule has 0 aliphatic rings. The molecule has 0 aliphatic heterocycles. The molecule has 0 fully saturated rings. The van der Waals surface area contributed by atoms with E-state index in [1.807, 2.05) is 55.5 Å². The summed E-state index contributed by atoms with van der Waals surface area (Å²) in [4.78, 5) is 12.5. The van der Waals surface area contributed by atoms with Crippen LogP contribution in [0.1, 0.15) is 49.8 Å². The number of hydrogen-bond donors (Lipinski definition) is 2. The zero-order valence-corrected chi connectivity index (χ0v) is 15.2. The Morgan fingerprint density at radius 2 is 1.72 bits per heavy atom. The van der Waals surface area contributed by atoms with E-state index in [0.29, 0.717) is 18.9 Å². The topological polar surface area (TPSA) is 58.6 Å². The van der Waals surface area contributed by atoms with E-state index in [1.165, 1.54) is 0 Å². The molecule has 2 N–H and O–H groups in total. The van der Waals surface area contributed by atoms with Crippen molar-refractivity contribution in [3.8, 4) is 5.75 Å². The van der Waals surface area contributed by atoms with Gasteiger partial charge in [0.1, 0.15) is 5.75 Å². The van der Waals surface area contributed by atoms with E-state index in [1.54, 1.807) is 0 Å². The number of aliphatic hydroxyl groups excluding tert-OH is 1. The first kappa shape index (κ1) is 19.0. The highest BCUT2D eigenvalue weighted by Crippen LogP contribution is 2.27. The second-order valence-electron chi connectivity index (χ2n) is 6.35. The number of nitrogens with one attached hydrogen (secondary N) is 1. The summed E-state index contributed by atoms with van der Waals surface area (Å²) >= 11 is 0. The van der Waals surface area contributed by atoms with Gasteiger partial charge < -0.3 is 15.2 Å². The van der Waals surface area contributed by atoms with Crippen LogP contribution in [0.25, 0.3) is 0 Å². The maximum absolute atomic E-state index is 12.5. The Bertz CT molecular complexity index is 697. The van der Waals surface area contributed by atoms with E-state index in [9.17, 15) is 9.90 Å². The van der Waals surface area contributed by atoms with Crippen molar-refractivity contribution in [1.82, 2.24) is 5.32 Å². The highest BCUT2D eigenvalue weighted by molar-refractivity contribution is 5.81.